The summed E-state index contributed by atoms with van der Waals surface area (Å²) in [6.45, 7) is 4.96. The smallest absolute Gasteiger partial charge is 0.293 e. The number of pyridine rings is 2. The number of aromatic nitrogens is 2. The van der Waals surface area contributed by atoms with Gasteiger partial charge in [-0.3, -0.25) is 14.9 Å². The van der Waals surface area contributed by atoms with Gasteiger partial charge in [0.25, 0.3) is 5.69 Å². The van der Waals surface area contributed by atoms with Gasteiger partial charge in [-0.15, -0.1) is 0 Å². The average molecular weight is 504 g/mol. The third-order valence-electron chi connectivity index (χ3n) is 6.83. The van der Waals surface area contributed by atoms with E-state index in [-0.39, 0.29) is 16.5 Å². The minimum absolute atomic E-state index is 0.0835. The molecule has 10 nitrogen and oxygen atoms in total. The Hall–Kier alpha value is -4.34. The van der Waals surface area contributed by atoms with Crippen LogP contribution in [0.4, 0.5) is 17.2 Å². The third-order valence-corrected chi connectivity index (χ3v) is 6.83. The van der Waals surface area contributed by atoms with Crippen LogP contribution in [-0.4, -0.2) is 54.4 Å². The summed E-state index contributed by atoms with van der Waals surface area (Å²) < 4.78 is 13.2. The molecule has 3 heterocycles. The van der Waals surface area contributed by atoms with Gasteiger partial charge in [0, 0.05) is 57.6 Å². The second-order valence-corrected chi connectivity index (χ2v) is 9.03. The van der Waals surface area contributed by atoms with E-state index >= 15 is 0 Å². The fraction of sp³-hybridized carbons (Fsp3) is 0.333. The maximum atomic E-state index is 13.7. The molecule has 1 aliphatic heterocycles. The summed E-state index contributed by atoms with van der Waals surface area (Å²) in [5.41, 5.74) is 1.37. The Balaban J connectivity index is 1.63. The van der Waals surface area contributed by atoms with Crippen LogP contribution in [0.5, 0.6) is 11.5 Å². The molecule has 1 saturated heterocycles. The lowest BCUT2D eigenvalue weighted by Gasteiger charge is -2.36. The Morgan fingerprint density at radius 1 is 1.05 bits per heavy atom. The molecule has 0 unspecified atom stereocenters. The zero-order chi connectivity index (χ0) is 26.1. The second-order valence-electron chi connectivity index (χ2n) is 9.03. The number of hydrogen-bond donors (Lipinski definition) is 0. The van der Waals surface area contributed by atoms with Crippen LogP contribution in [0.15, 0.2) is 53.5 Å². The number of anilines is 2. The van der Waals surface area contributed by atoms with Crippen molar-refractivity contribution in [2.45, 2.75) is 13.3 Å². The number of rotatable bonds is 7. The van der Waals surface area contributed by atoms with Crippen LogP contribution >= 0.6 is 0 Å². The van der Waals surface area contributed by atoms with E-state index in [1.165, 1.54) is 6.07 Å². The highest BCUT2D eigenvalue weighted by Crippen LogP contribution is 2.36. The minimum Gasteiger partial charge on any atom is -0.497 e. The molecule has 0 saturated carbocycles. The first-order chi connectivity index (χ1) is 17.9. The Morgan fingerprint density at radius 3 is 2.46 bits per heavy atom. The first kappa shape index (κ1) is 24.4. The SMILES string of the molecule is CCCOc1cc(OC)cc2c1c(=O)c1cc([N+](=O)[O-])c(N3CCN(c4ccccn4)CC3)cc1n2C. The summed E-state index contributed by atoms with van der Waals surface area (Å²) >= 11 is 0. The molecule has 0 N–H and O–H groups in total. The van der Waals surface area contributed by atoms with E-state index in [1.54, 1.807) is 31.5 Å². The monoisotopic (exact) mass is 503 g/mol. The summed E-state index contributed by atoms with van der Waals surface area (Å²) in [5, 5.41) is 12.8. The Labute approximate surface area is 213 Å². The summed E-state index contributed by atoms with van der Waals surface area (Å²) in [5.74, 6) is 1.87. The number of benzene rings is 2. The van der Waals surface area contributed by atoms with Gasteiger partial charge in [-0.05, 0) is 24.6 Å². The van der Waals surface area contributed by atoms with Crippen molar-refractivity contribution >= 4 is 39.0 Å². The number of aryl methyl sites for hydroxylation is 1. The second kappa shape index (κ2) is 9.96. The van der Waals surface area contributed by atoms with E-state index in [1.807, 2.05) is 41.6 Å². The molecule has 0 radical (unpaired) electrons. The predicted molar refractivity (Wildman–Crippen MR) is 144 cm³/mol. The van der Waals surface area contributed by atoms with Crippen LogP contribution in [0.3, 0.4) is 0 Å². The first-order valence-electron chi connectivity index (χ1n) is 12.3. The number of nitro benzene ring substituents is 1. The largest absolute Gasteiger partial charge is 0.497 e. The van der Waals surface area contributed by atoms with Crippen molar-refractivity contribution in [2.24, 2.45) is 7.05 Å². The van der Waals surface area contributed by atoms with E-state index in [9.17, 15) is 14.9 Å². The summed E-state index contributed by atoms with van der Waals surface area (Å²) in [7, 11) is 3.41. The molecule has 0 amide bonds. The van der Waals surface area contributed by atoms with Gasteiger partial charge in [-0.2, -0.15) is 0 Å². The van der Waals surface area contributed by atoms with Crippen LogP contribution in [0, 0.1) is 10.1 Å². The summed E-state index contributed by atoms with van der Waals surface area (Å²) in [4.78, 5) is 34.0. The lowest BCUT2D eigenvalue weighted by molar-refractivity contribution is -0.384. The maximum absolute atomic E-state index is 13.7. The molecular weight excluding hydrogens is 474 g/mol. The van der Waals surface area contributed by atoms with E-state index in [4.69, 9.17) is 9.47 Å². The van der Waals surface area contributed by atoms with Crippen molar-refractivity contribution in [3.8, 4) is 11.5 Å². The molecule has 10 heteroatoms. The predicted octanol–water partition coefficient (Wildman–Crippen LogP) is 4.12. The standard InChI is InChI=1S/C27H29N5O5/c1-4-13-37-24-15-18(36-3)14-23-26(24)27(33)19-16-22(32(34)35)21(17-20(19)29(23)2)30-9-11-31(12-10-30)25-7-5-6-8-28-25/h5-8,14-17H,4,9-13H2,1-3H3. The molecular formula is C27H29N5O5. The van der Waals surface area contributed by atoms with E-state index in [2.05, 4.69) is 9.88 Å². The Morgan fingerprint density at radius 2 is 1.81 bits per heavy atom. The van der Waals surface area contributed by atoms with E-state index in [0.29, 0.717) is 66.4 Å². The van der Waals surface area contributed by atoms with Gasteiger partial charge in [-0.1, -0.05) is 13.0 Å². The topological polar surface area (TPSA) is 103 Å². The first-order valence-corrected chi connectivity index (χ1v) is 12.3. The van der Waals surface area contributed by atoms with Gasteiger partial charge in [0.15, 0.2) is 0 Å². The zero-order valence-electron chi connectivity index (χ0n) is 21.1. The van der Waals surface area contributed by atoms with Gasteiger partial charge in [-0.25, -0.2) is 4.98 Å². The summed E-state index contributed by atoms with van der Waals surface area (Å²) in [6, 6.07) is 12.4. The van der Waals surface area contributed by atoms with Gasteiger partial charge in [0.1, 0.15) is 23.0 Å². The molecule has 0 spiro atoms. The minimum atomic E-state index is -0.411. The van der Waals surface area contributed by atoms with Gasteiger partial charge in [0.05, 0.1) is 40.4 Å². The highest BCUT2D eigenvalue weighted by Gasteiger charge is 2.27. The zero-order valence-corrected chi connectivity index (χ0v) is 21.1. The molecule has 0 bridgehead atoms. The van der Waals surface area contributed by atoms with E-state index in [0.717, 1.165) is 12.2 Å². The van der Waals surface area contributed by atoms with Gasteiger partial charge in [0.2, 0.25) is 5.43 Å². The Kier molecular flexibility index (Phi) is 6.56. The number of nitro groups is 1. The highest BCUT2D eigenvalue weighted by atomic mass is 16.6. The van der Waals surface area contributed by atoms with Crippen molar-refractivity contribution in [1.82, 2.24) is 9.55 Å². The normalized spacial score (nSPS) is 13.8. The van der Waals surface area contributed by atoms with Crippen LogP contribution in [0.1, 0.15) is 13.3 Å². The van der Waals surface area contributed by atoms with E-state index < -0.39 is 4.92 Å². The third kappa shape index (κ3) is 4.39. The number of piperazine rings is 1. The van der Waals surface area contributed by atoms with Crippen molar-refractivity contribution in [1.29, 1.82) is 0 Å². The number of nitrogens with zero attached hydrogens (tertiary/aromatic N) is 5. The Bertz CT molecular complexity index is 1530. The molecule has 5 rings (SSSR count). The molecule has 2 aromatic carbocycles. The van der Waals surface area contributed by atoms with Gasteiger partial charge < -0.3 is 23.8 Å². The van der Waals surface area contributed by atoms with Crippen molar-refractivity contribution < 1.29 is 14.4 Å². The fourth-order valence-electron chi connectivity index (χ4n) is 4.92. The van der Waals surface area contributed by atoms with Crippen LogP contribution in [0.25, 0.3) is 21.8 Å². The van der Waals surface area contributed by atoms with Crippen LogP contribution in [0.2, 0.25) is 0 Å². The lowest BCUT2D eigenvalue weighted by atomic mass is 10.1. The number of methoxy groups -OCH3 is 1. The molecule has 0 atom stereocenters. The van der Waals surface area contributed by atoms with Crippen molar-refractivity contribution in [2.75, 3.05) is 49.7 Å². The molecule has 37 heavy (non-hydrogen) atoms. The molecule has 1 fully saturated rings. The fourth-order valence-corrected chi connectivity index (χ4v) is 4.92. The maximum Gasteiger partial charge on any atom is 0.293 e. The number of hydrogen-bond acceptors (Lipinski definition) is 8. The average Bonchev–Trinajstić information content (AvgIpc) is 2.94. The molecule has 0 aliphatic carbocycles. The summed E-state index contributed by atoms with van der Waals surface area (Å²) in [6.07, 6.45) is 2.53. The molecule has 2 aromatic heterocycles. The van der Waals surface area contributed by atoms with Gasteiger partial charge >= 0.3 is 0 Å². The van der Waals surface area contributed by atoms with Crippen molar-refractivity contribution in [3.05, 3.63) is 69.0 Å². The quantitative estimate of drug-likeness (QED) is 0.211. The van der Waals surface area contributed by atoms with Crippen LogP contribution < -0.4 is 24.7 Å². The molecule has 192 valence electrons. The molecule has 4 aromatic rings. The number of ether oxygens (including phenoxy) is 2. The molecule has 1 aliphatic rings. The van der Waals surface area contributed by atoms with Crippen molar-refractivity contribution in [3.63, 3.8) is 0 Å². The lowest BCUT2D eigenvalue weighted by Crippen LogP contribution is -2.47. The number of fused-ring (bicyclic) bond motifs is 2. The van der Waals surface area contributed by atoms with Crippen LogP contribution in [-0.2, 0) is 7.05 Å². The highest BCUT2D eigenvalue weighted by molar-refractivity contribution is 5.99.